The molecule has 0 saturated heterocycles. The van der Waals surface area contributed by atoms with Crippen LogP contribution in [0.1, 0.15) is 11.1 Å². The highest BCUT2D eigenvalue weighted by Gasteiger charge is 2.09. The first-order valence-corrected chi connectivity index (χ1v) is 5.37. The Kier molecular flexibility index (Phi) is 2.57. The van der Waals surface area contributed by atoms with E-state index in [2.05, 4.69) is 34.7 Å². The van der Waals surface area contributed by atoms with Crippen molar-refractivity contribution in [3.8, 4) is 12.1 Å². The Labute approximate surface area is 101 Å². The number of nitrogens with zero attached hydrogens (tertiary/aromatic N) is 2. The van der Waals surface area contributed by atoms with E-state index in [0.29, 0.717) is 11.1 Å². The molecule has 0 aliphatic carbocycles. The molecule has 0 radical (unpaired) electrons. The Bertz CT molecular complexity index is 618. The molecular formula is C12H5IN2. The SMILES string of the molecule is N#Cc1cc2ccccc2c(I)c1C#N. The molecule has 0 saturated carbocycles. The molecule has 2 aromatic rings. The van der Waals surface area contributed by atoms with Gasteiger partial charge in [0.25, 0.3) is 0 Å². The minimum Gasteiger partial charge on any atom is -0.192 e. The maximum atomic E-state index is 8.98. The van der Waals surface area contributed by atoms with Gasteiger partial charge in [-0.2, -0.15) is 10.5 Å². The van der Waals surface area contributed by atoms with Gasteiger partial charge in [0.1, 0.15) is 12.1 Å². The molecule has 0 amide bonds. The lowest BCUT2D eigenvalue weighted by Gasteiger charge is -2.03. The molecule has 2 nitrogen and oxygen atoms in total. The summed E-state index contributed by atoms with van der Waals surface area (Å²) in [5, 5.41) is 19.9. The average molecular weight is 304 g/mol. The highest BCUT2D eigenvalue weighted by atomic mass is 127. The minimum atomic E-state index is 0.445. The van der Waals surface area contributed by atoms with Gasteiger partial charge in [-0.25, -0.2) is 0 Å². The van der Waals surface area contributed by atoms with Gasteiger partial charge < -0.3 is 0 Å². The summed E-state index contributed by atoms with van der Waals surface area (Å²) in [6.07, 6.45) is 0. The Morgan fingerprint density at radius 2 is 1.80 bits per heavy atom. The van der Waals surface area contributed by atoms with E-state index in [-0.39, 0.29) is 0 Å². The highest BCUT2D eigenvalue weighted by Crippen LogP contribution is 2.26. The van der Waals surface area contributed by atoms with Crippen LogP contribution in [0.25, 0.3) is 10.8 Å². The topological polar surface area (TPSA) is 47.6 Å². The molecule has 0 N–H and O–H groups in total. The quantitative estimate of drug-likeness (QED) is 0.702. The molecule has 0 spiro atoms. The van der Waals surface area contributed by atoms with E-state index in [1.54, 1.807) is 6.07 Å². The zero-order chi connectivity index (χ0) is 10.8. The molecule has 0 fully saturated rings. The van der Waals surface area contributed by atoms with Gasteiger partial charge in [-0.1, -0.05) is 24.3 Å². The fraction of sp³-hybridized carbons (Fsp3) is 0. The van der Waals surface area contributed by atoms with Gasteiger partial charge >= 0.3 is 0 Å². The predicted octanol–water partition coefficient (Wildman–Crippen LogP) is 3.19. The van der Waals surface area contributed by atoms with Crippen molar-refractivity contribution in [2.24, 2.45) is 0 Å². The van der Waals surface area contributed by atoms with Crippen LogP contribution in [0.3, 0.4) is 0 Å². The number of hydrogen-bond acceptors (Lipinski definition) is 2. The first-order chi connectivity index (χ1) is 7.27. The standard InChI is InChI=1S/C12H5IN2/c13-12-10-4-2-1-3-8(10)5-9(6-14)11(12)7-15/h1-5H. The lowest BCUT2D eigenvalue weighted by Crippen LogP contribution is -1.90. The smallest absolute Gasteiger partial charge is 0.102 e. The van der Waals surface area contributed by atoms with E-state index in [0.717, 1.165) is 14.3 Å². The Hall–Kier alpha value is -1.59. The highest BCUT2D eigenvalue weighted by molar-refractivity contribution is 14.1. The lowest BCUT2D eigenvalue weighted by atomic mass is 10.0. The number of rotatable bonds is 0. The van der Waals surface area contributed by atoms with Crippen molar-refractivity contribution in [1.29, 1.82) is 10.5 Å². The third-order valence-corrected chi connectivity index (χ3v) is 3.34. The number of hydrogen-bond donors (Lipinski definition) is 0. The van der Waals surface area contributed by atoms with Crippen LogP contribution in [-0.2, 0) is 0 Å². The molecule has 70 valence electrons. The maximum Gasteiger partial charge on any atom is 0.102 e. The molecule has 0 atom stereocenters. The Morgan fingerprint density at radius 1 is 1.07 bits per heavy atom. The van der Waals surface area contributed by atoms with Crippen molar-refractivity contribution in [2.45, 2.75) is 0 Å². The molecule has 0 heterocycles. The van der Waals surface area contributed by atoms with Crippen LogP contribution in [0.4, 0.5) is 0 Å². The third kappa shape index (κ3) is 1.55. The van der Waals surface area contributed by atoms with Crippen molar-refractivity contribution >= 4 is 33.4 Å². The van der Waals surface area contributed by atoms with E-state index < -0.39 is 0 Å². The van der Waals surface area contributed by atoms with Crippen LogP contribution < -0.4 is 0 Å². The lowest BCUT2D eigenvalue weighted by molar-refractivity contribution is 1.43. The molecule has 0 aromatic heterocycles. The first kappa shape index (κ1) is 9.95. The van der Waals surface area contributed by atoms with Crippen molar-refractivity contribution < 1.29 is 0 Å². The summed E-state index contributed by atoms with van der Waals surface area (Å²) in [5.41, 5.74) is 0.914. The Morgan fingerprint density at radius 3 is 2.47 bits per heavy atom. The zero-order valence-corrected chi connectivity index (χ0v) is 9.82. The van der Waals surface area contributed by atoms with Gasteiger partial charge in [0, 0.05) is 3.57 Å². The van der Waals surface area contributed by atoms with Crippen molar-refractivity contribution in [2.75, 3.05) is 0 Å². The monoisotopic (exact) mass is 304 g/mol. The third-order valence-electron chi connectivity index (χ3n) is 2.22. The summed E-state index contributed by atoms with van der Waals surface area (Å²) in [6.45, 7) is 0. The molecule has 0 aliphatic heterocycles. The predicted molar refractivity (Wildman–Crippen MR) is 66.1 cm³/mol. The first-order valence-electron chi connectivity index (χ1n) is 4.29. The molecule has 15 heavy (non-hydrogen) atoms. The van der Waals surface area contributed by atoms with Crippen LogP contribution in [0.15, 0.2) is 30.3 Å². The van der Waals surface area contributed by atoms with E-state index in [1.165, 1.54) is 0 Å². The second kappa shape index (κ2) is 3.88. The van der Waals surface area contributed by atoms with E-state index in [9.17, 15) is 0 Å². The largest absolute Gasteiger partial charge is 0.192 e. The van der Waals surface area contributed by atoms with Crippen LogP contribution in [0.5, 0.6) is 0 Å². The number of fused-ring (bicyclic) bond motifs is 1. The molecule has 0 aliphatic rings. The van der Waals surface area contributed by atoms with Gasteiger partial charge in [-0.3, -0.25) is 0 Å². The van der Waals surface area contributed by atoms with Gasteiger partial charge in [-0.15, -0.1) is 0 Å². The van der Waals surface area contributed by atoms with E-state index in [1.807, 2.05) is 24.3 Å². The van der Waals surface area contributed by atoms with E-state index in [4.69, 9.17) is 10.5 Å². The fourth-order valence-corrected chi connectivity index (χ4v) is 2.40. The molecule has 0 unspecified atom stereocenters. The summed E-state index contributed by atoms with van der Waals surface area (Å²) in [5.74, 6) is 0. The van der Waals surface area contributed by atoms with Crippen LogP contribution >= 0.6 is 22.6 Å². The van der Waals surface area contributed by atoms with Crippen molar-refractivity contribution in [3.05, 3.63) is 45.0 Å². The molecule has 0 bridgehead atoms. The minimum absolute atomic E-state index is 0.445. The van der Waals surface area contributed by atoms with Crippen molar-refractivity contribution in [3.63, 3.8) is 0 Å². The zero-order valence-electron chi connectivity index (χ0n) is 7.66. The van der Waals surface area contributed by atoms with Gasteiger partial charge in [-0.05, 0) is 39.4 Å². The normalized spacial score (nSPS) is 9.53. The summed E-state index contributed by atoms with van der Waals surface area (Å²) in [7, 11) is 0. The van der Waals surface area contributed by atoms with Gasteiger partial charge in [0.2, 0.25) is 0 Å². The Balaban J connectivity index is 2.97. The molecule has 2 aromatic carbocycles. The fourth-order valence-electron chi connectivity index (χ4n) is 1.50. The van der Waals surface area contributed by atoms with Crippen LogP contribution in [-0.4, -0.2) is 0 Å². The van der Waals surface area contributed by atoms with Gasteiger partial charge in [0.05, 0.1) is 11.1 Å². The number of benzene rings is 2. The second-order valence-electron chi connectivity index (χ2n) is 3.06. The summed E-state index contributed by atoms with van der Waals surface area (Å²) < 4.78 is 0.852. The van der Waals surface area contributed by atoms with Crippen molar-refractivity contribution in [1.82, 2.24) is 0 Å². The molecular weight excluding hydrogens is 299 g/mol. The van der Waals surface area contributed by atoms with E-state index >= 15 is 0 Å². The number of nitriles is 2. The molecule has 2 rings (SSSR count). The maximum absolute atomic E-state index is 8.98. The number of halogens is 1. The second-order valence-corrected chi connectivity index (χ2v) is 4.14. The molecule has 3 heteroatoms. The van der Waals surface area contributed by atoms with Crippen LogP contribution in [0.2, 0.25) is 0 Å². The summed E-state index contributed by atoms with van der Waals surface area (Å²) in [4.78, 5) is 0. The van der Waals surface area contributed by atoms with Crippen LogP contribution in [0, 0.1) is 26.2 Å². The summed E-state index contributed by atoms with van der Waals surface area (Å²) >= 11 is 2.11. The van der Waals surface area contributed by atoms with Gasteiger partial charge in [0.15, 0.2) is 0 Å². The summed E-state index contributed by atoms with van der Waals surface area (Å²) in [6, 6.07) is 13.6. The average Bonchev–Trinajstić information content (AvgIpc) is 2.29.